The van der Waals surface area contributed by atoms with E-state index in [1.54, 1.807) is 42.5 Å². The summed E-state index contributed by atoms with van der Waals surface area (Å²) in [4.78, 5) is 24.7. The van der Waals surface area contributed by atoms with Crippen LogP contribution >= 0.6 is 11.8 Å². The third-order valence-corrected chi connectivity index (χ3v) is 7.94. The van der Waals surface area contributed by atoms with Crippen molar-refractivity contribution in [3.8, 4) is 0 Å². The third-order valence-electron chi connectivity index (χ3n) is 5.03. The summed E-state index contributed by atoms with van der Waals surface area (Å²) in [5.41, 5.74) is 7.60. The molecule has 0 unspecified atom stereocenters. The van der Waals surface area contributed by atoms with Gasteiger partial charge in [0.1, 0.15) is 0 Å². The highest BCUT2D eigenvalue weighted by molar-refractivity contribution is 8.00. The lowest BCUT2D eigenvalue weighted by Crippen LogP contribution is -2.29. The number of carbonyl (C=O) groups excluding carboxylic acids is 2. The smallest absolute Gasteiger partial charge is 0.264 e. The Balaban J connectivity index is 1.58. The first kappa shape index (κ1) is 21.9. The van der Waals surface area contributed by atoms with Crippen molar-refractivity contribution in [3.63, 3.8) is 0 Å². The number of amides is 2. The molecule has 3 aromatic carbocycles. The second-order valence-electron chi connectivity index (χ2n) is 7.19. The number of nitrogens with one attached hydrogen (secondary N) is 1. The number of thioether (sulfide) groups is 1. The van der Waals surface area contributed by atoms with Gasteiger partial charge in [0.15, 0.2) is 0 Å². The topological polar surface area (TPSA) is 110 Å². The van der Waals surface area contributed by atoms with Crippen molar-refractivity contribution in [2.75, 3.05) is 21.9 Å². The molecule has 0 saturated heterocycles. The molecule has 0 atom stereocenters. The minimum atomic E-state index is -3.81. The average Bonchev–Trinajstić information content (AvgIpc) is 3.23. The lowest BCUT2D eigenvalue weighted by Gasteiger charge is -2.20. The summed E-state index contributed by atoms with van der Waals surface area (Å²) >= 11 is 1.22. The van der Waals surface area contributed by atoms with Crippen LogP contribution in [-0.4, -0.2) is 32.5 Å². The summed E-state index contributed by atoms with van der Waals surface area (Å²) < 4.78 is 27.9. The Labute approximate surface area is 190 Å². The number of benzene rings is 3. The first-order valence-corrected chi connectivity index (χ1v) is 12.3. The molecule has 0 fully saturated rings. The summed E-state index contributed by atoms with van der Waals surface area (Å²) in [6.45, 7) is 0.364. The standard InChI is InChI=1S/C23H21N3O4S2/c24-22(27)15-31-21-11-4-2-9-19(21)25-23(28)17-7-5-8-18(14-17)32(29,30)26-13-12-16-6-1-3-10-20(16)26/h1-11,14H,12-13,15H2,(H2,24,27)(H,25,28). The van der Waals surface area contributed by atoms with Gasteiger partial charge in [0.25, 0.3) is 15.9 Å². The molecule has 164 valence electrons. The minimum Gasteiger partial charge on any atom is -0.369 e. The van der Waals surface area contributed by atoms with Crippen LogP contribution in [0.1, 0.15) is 15.9 Å². The number of hydrogen-bond acceptors (Lipinski definition) is 5. The lowest BCUT2D eigenvalue weighted by molar-refractivity contribution is -0.115. The zero-order valence-electron chi connectivity index (χ0n) is 17.0. The fourth-order valence-electron chi connectivity index (χ4n) is 3.52. The Morgan fingerprint density at radius 3 is 2.56 bits per heavy atom. The molecule has 0 aromatic heterocycles. The number of sulfonamides is 1. The average molecular weight is 468 g/mol. The van der Waals surface area contributed by atoms with Gasteiger partial charge < -0.3 is 11.1 Å². The van der Waals surface area contributed by atoms with Gasteiger partial charge >= 0.3 is 0 Å². The molecule has 0 spiro atoms. The van der Waals surface area contributed by atoms with Crippen molar-refractivity contribution in [1.29, 1.82) is 0 Å². The first-order valence-electron chi connectivity index (χ1n) is 9.88. The van der Waals surface area contributed by atoms with Gasteiger partial charge in [-0.15, -0.1) is 11.8 Å². The highest BCUT2D eigenvalue weighted by atomic mass is 32.2. The molecule has 32 heavy (non-hydrogen) atoms. The maximum Gasteiger partial charge on any atom is 0.264 e. The van der Waals surface area contributed by atoms with Crippen molar-refractivity contribution in [2.24, 2.45) is 5.73 Å². The van der Waals surface area contributed by atoms with E-state index in [2.05, 4.69) is 5.32 Å². The number of fused-ring (bicyclic) bond motifs is 1. The second kappa shape index (κ2) is 9.05. The molecule has 3 N–H and O–H groups in total. The number of nitrogens with two attached hydrogens (primary N) is 1. The largest absolute Gasteiger partial charge is 0.369 e. The minimum absolute atomic E-state index is 0.0539. The Kier molecular flexibility index (Phi) is 6.20. The van der Waals surface area contributed by atoms with Gasteiger partial charge in [-0.1, -0.05) is 36.4 Å². The molecule has 0 bridgehead atoms. The van der Waals surface area contributed by atoms with Crippen molar-refractivity contribution in [2.45, 2.75) is 16.2 Å². The van der Waals surface area contributed by atoms with Gasteiger partial charge in [-0.3, -0.25) is 13.9 Å². The van der Waals surface area contributed by atoms with Crippen molar-refractivity contribution >= 4 is 45.0 Å². The molecule has 7 nitrogen and oxygen atoms in total. The number of primary amides is 1. The third kappa shape index (κ3) is 4.49. The van der Waals surface area contributed by atoms with E-state index in [0.29, 0.717) is 29.2 Å². The second-order valence-corrected chi connectivity index (χ2v) is 10.1. The van der Waals surface area contributed by atoms with Crippen molar-refractivity contribution in [3.05, 3.63) is 83.9 Å². The van der Waals surface area contributed by atoms with Crippen LogP contribution < -0.4 is 15.4 Å². The van der Waals surface area contributed by atoms with Crippen LogP contribution in [0.15, 0.2) is 82.6 Å². The monoisotopic (exact) mass is 467 g/mol. The van der Waals surface area contributed by atoms with Crippen LogP contribution in [0, 0.1) is 0 Å². The van der Waals surface area contributed by atoms with E-state index in [-0.39, 0.29) is 16.2 Å². The van der Waals surface area contributed by atoms with E-state index >= 15 is 0 Å². The van der Waals surface area contributed by atoms with Crippen LogP contribution in [0.5, 0.6) is 0 Å². The molecule has 3 aromatic rings. The molecule has 4 rings (SSSR count). The predicted molar refractivity (Wildman–Crippen MR) is 125 cm³/mol. The molecule has 1 heterocycles. The van der Waals surface area contributed by atoms with E-state index in [9.17, 15) is 18.0 Å². The number of anilines is 2. The quantitative estimate of drug-likeness (QED) is 0.518. The number of hydrogen-bond donors (Lipinski definition) is 2. The van der Waals surface area contributed by atoms with E-state index < -0.39 is 21.8 Å². The SMILES string of the molecule is NC(=O)CSc1ccccc1NC(=O)c1cccc(S(=O)(=O)N2CCc3ccccc32)c1. The van der Waals surface area contributed by atoms with Gasteiger partial charge in [-0.2, -0.15) is 0 Å². The van der Waals surface area contributed by atoms with Gasteiger partial charge in [0, 0.05) is 17.0 Å². The zero-order valence-corrected chi connectivity index (χ0v) is 18.7. The molecule has 0 saturated carbocycles. The Hall–Kier alpha value is -3.30. The number of para-hydroxylation sites is 2. The van der Waals surface area contributed by atoms with Crippen LogP contribution in [-0.2, 0) is 21.2 Å². The fraction of sp³-hybridized carbons (Fsp3) is 0.130. The van der Waals surface area contributed by atoms with E-state index in [1.807, 2.05) is 18.2 Å². The molecule has 2 amide bonds. The zero-order chi connectivity index (χ0) is 22.7. The summed E-state index contributed by atoms with van der Waals surface area (Å²) in [7, 11) is -3.81. The fourth-order valence-corrected chi connectivity index (χ4v) is 5.82. The van der Waals surface area contributed by atoms with E-state index in [1.165, 1.54) is 28.2 Å². The van der Waals surface area contributed by atoms with Crippen molar-refractivity contribution < 1.29 is 18.0 Å². The maximum atomic E-state index is 13.3. The lowest BCUT2D eigenvalue weighted by atomic mass is 10.2. The molecule has 1 aliphatic rings. The molecule has 0 aliphatic carbocycles. The summed E-state index contributed by atoms with van der Waals surface area (Å²) in [6, 6.07) is 20.4. The highest BCUT2D eigenvalue weighted by Crippen LogP contribution is 2.33. The Bertz CT molecular complexity index is 1290. The number of carbonyl (C=O) groups is 2. The van der Waals surface area contributed by atoms with Crippen LogP contribution in [0.2, 0.25) is 0 Å². The maximum absolute atomic E-state index is 13.3. The van der Waals surface area contributed by atoms with Gasteiger partial charge in [-0.25, -0.2) is 8.42 Å². The molecule has 9 heteroatoms. The Morgan fingerprint density at radius 2 is 1.75 bits per heavy atom. The van der Waals surface area contributed by atoms with Crippen LogP contribution in [0.4, 0.5) is 11.4 Å². The molecular weight excluding hydrogens is 446 g/mol. The summed E-state index contributed by atoms with van der Waals surface area (Å²) in [5.74, 6) is -0.828. The van der Waals surface area contributed by atoms with Gasteiger partial charge in [0.05, 0.1) is 22.0 Å². The van der Waals surface area contributed by atoms with E-state index in [4.69, 9.17) is 5.73 Å². The van der Waals surface area contributed by atoms with Gasteiger partial charge in [0.2, 0.25) is 5.91 Å². The van der Waals surface area contributed by atoms with Crippen molar-refractivity contribution in [1.82, 2.24) is 0 Å². The molecule has 0 radical (unpaired) electrons. The highest BCUT2D eigenvalue weighted by Gasteiger charge is 2.31. The Morgan fingerprint density at radius 1 is 1.00 bits per heavy atom. The molecule has 1 aliphatic heterocycles. The predicted octanol–water partition coefficient (Wildman–Crippen LogP) is 3.27. The van der Waals surface area contributed by atoms with Gasteiger partial charge in [-0.05, 0) is 48.4 Å². The number of rotatable bonds is 7. The first-order chi connectivity index (χ1) is 15.4. The normalized spacial score (nSPS) is 12.9. The summed E-state index contributed by atoms with van der Waals surface area (Å²) in [5, 5.41) is 2.79. The van der Waals surface area contributed by atoms with Crippen LogP contribution in [0.3, 0.4) is 0 Å². The molecular formula is C23H21N3O4S2. The van der Waals surface area contributed by atoms with E-state index in [0.717, 1.165) is 5.56 Å². The number of nitrogens with zero attached hydrogens (tertiary/aromatic N) is 1. The summed E-state index contributed by atoms with van der Waals surface area (Å²) in [6.07, 6.45) is 0.648. The van der Waals surface area contributed by atoms with Crippen LogP contribution in [0.25, 0.3) is 0 Å².